The molecule has 0 fully saturated rings. The number of aryl methyl sites for hydroxylation is 7. The fourth-order valence-electron chi connectivity index (χ4n) is 8.46. The lowest BCUT2D eigenvalue weighted by Crippen LogP contribution is -2.43. The molecule has 3 aromatic carbocycles. The predicted molar refractivity (Wildman–Crippen MR) is 220 cm³/mol. The number of hydrogen-bond donors (Lipinski definition) is 1. The zero-order chi connectivity index (χ0) is 39.5. The van der Waals surface area contributed by atoms with Crippen LogP contribution in [0.5, 0.6) is 5.75 Å². The van der Waals surface area contributed by atoms with Crippen LogP contribution in [0.25, 0.3) is 32.9 Å². The van der Waals surface area contributed by atoms with E-state index in [4.69, 9.17) is 37.8 Å². The number of carbonyl (C=O) groups is 2. The summed E-state index contributed by atoms with van der Waals surface area (Å²) in [4.78, 5) is 30.3. The minimum absolute atomic E-state index is 0.0932. The van der Waals surface area contributed by atoms with Gasteiger partial charge in [0.2, 0.25) is 0 Å². The number of carboxylic acids is 1. The smallest absolute Gasteiger partial charge is 0.354 e. The molecule has 4 heterocycles. The zero-order valence-electron chi connectivity index (χ0n) is 32.6. The van der Waals surface area contributed by atoms with Gasteiger partial charge in [-0.3, -0.25) is 9.48 Å². The first-order chi connectivity index (χ1) is 26.2. The highest BCUT2D eigenvalue weighted by molar-refractivity contribution is 6.35. The van der Waals surface area contributed by atoms with Crippen molar-refractivity contribution in [3.05, 3.63) is 97.5 Å². The summed E-state index contributed by atoms with van der Waals surface area (Å²) in [5.74, 6) is -0.598. The minimum atomic E-state index is -1.09. The van der Waals surface area contributed by atoms with Gasteiger partial charge in [-0.25, -0.2) is 4.79 Å². The molecule has 1 aliphatic heterocycles. The van der Waals surface area contributed by atoms with Crippen molar-refractivity contribution in [2.45, 2.75) is 73.4 Å². The molecule has 6 aromatic rings. The van der Waals surface area contributed by atoms with Gasteiger partial charge in [-0.1, -0.05) is 40.9 Å². The summed E-state index contributed by atoms with van der Waals surface area (Å²) >= 11 is 13.5. The summed E-state index contributed by atoms with van der Waals surface area (Å²) in [5, 5.41) is 18.5. The molecule has 0 bridgehead atoms. The molecule has 1 amide bonds. The average Bonchev–Trinajstić information content (AvgIpc) is 3.73. The van der Waals surface area contributed by atoms with Gasteiger partial charge in [-0.05, 0) is 108 Å². The third-order valence-electron chi connectivity index (χ3n) is 11.0. The van der Waals surface area contributed by atoms with Gasteiger partial charge in [0.05, 0.1) is 34.0 Å². The highest BCUT2D eigenvalue weighted by atomic mass is 35.5. The van der Waals surface area contributed by atoms with E-state index in [-0.39, 0.29) is 24.2 Å². The highest BCUT2D eigenvalue weighted by Gasteiger charge is 2.40. The van der Waals surface area contributed by atoms with E-state index in [1.54, 1.807) is 12.0 Å². The van der Waals surface area contributed by atoms with Crippen LogP contribution in [0.1, 0.15) is 80.4 Å². The van der Waals surface area contributed by atoms with Crippen LogP contribution in [-0.2, 0) is 24.8 Å². The van der Waals surface area contributed by atoms with Gasteiger partial charge in [0.15, 0.2) is 5.69 Å². The molecule has 12 heteroatoms. The molecule has 1 N–H and O–H groups in total. The average molecular weight is 785 g/mol. The fraction of sp³-hybridized carbons (Fsp3) is 0.372. The molecule has 0 aliphatic carbocycles. The van der Waals surface area contributed by atoms with Crippen molar-refractivity contribution < 1.29 is 24.2 Å². The first kappa shape index (κ1) is 38.5. The largest absolute Gasteiger partial charge is 0.494 e. The Labute approximate surface area is 331 Å². The first-order valence-corrected chi connectivity index (χ1v) is 19.4. The lowest BCUT2D eigenvalue weighted by atomic mass is 9.98. The summed E-state index contributed by atoms with van der Waals surface area (Å²) < 4.78 is 17.4. The SMILES string of the molecule is COCCCn1c(C(=O)O)c(N2C[C@@H](C)n3c(c(CCCOc4cc(C)c(Cl)c(C)c4)c4ccc(Cl)c(-c5c(C)nn(C)c5C)c43)C2=O)c2cc(C)ccc21. The van der Waals surface area contributed by atoms with Crippen LogP contribution < -0.4 is 9.64 Å². The number of aromatic nitrogens is 4. The number of anilines is 1. The quantitative estimate of drug-likeness (QED) is 0.124. The Hall–Kier alpha value is -4.77. The van der Waals surface area contributed by atoms with Crippen LogP contribution in [0.2, 0.25) is 10.0 Å². The van der Waals surface area contributed by atoms with E-state index in [1.807, 2.05) is 93.4 Å². The third-order valence-corrected chi connectivity index (χ3v) is 11.9. The summed E-state index contributed by atoms with van der Waals surface area (Å²) in [6.45, 7) is 13.6. The third kappa shape index (κ3) is 6.58. The van der Waals surface area contributed by atoms with E-state index in [2.05, 4.69) is 11.5 Å². The Balaban J connectivity index is 1.41. The van der Waals surface area contributed by atoms with E-state index >= 15 is 4.79 Å². The number of rotatable bonds is 12. The molecule has 0 spiro atoms. The lowest BCUT2D eigenvalue weighted by molar-refractivity contribution is 0.0685. The number of halogens is 2. The van der Waals surface area contributed by atoms with Crippen LogP contribution in [0, 0.1) is 34.6 Å². The van der Waals surface area contributed by atoms with Crippen LogP contribution >= 0.6 is 23.2 Å². The van der Waals surface area contributed by atoms with Crippen LogP contribution in [0.3, 0.4) is 0 Å². The van der Waals surface area contributed by atoms with Gasteiger partial charge < -0.3 is 28.6 Å². The number of fused-ring (bicyclic) bond motifs is 4. The number of carbonyl (C=O) groups excluding carboxylic acids is 1. The van der Waals surface area contributed by atoms with Crippen molar-refractivity contribution in [3.8, 4) is 16.9 Å². The Morgan fingerprint density at radius 3 is 2.35 bits per heavy atom. The number of ether oxygens (including phenoxy) is 2. The number of benzene rings is 3. The Bertz CT molecular complexity index is 2490. The lowest BCUT2D eigenvalue weighted by Gasteiger charge is -2.34. The molecule has 10 nitrogen and oxygen atoms in total. The predicted octanol–water partition coefficient (Wildman–Crippen LogP) is 9.81. The van der Waals surface area contributed by atoms with Crippen molar-refractivity contribution in [2.24, 2.45) is 7.05 Å². The summed E-state index contributed by atoms with van der Waals surface area (Å²) in [5.41, 5.74) is 9.99. The van der Waals surface area contributed by atoms with Crippen LogP contribution in [-0.4, -0.2) is 62.8 Å². The van der Waals surface area contributed by atoms with Crippen LogP contribution in [0.15, 0.2) is 42.5 Å². The highest BCUT2D eigenvalue weighted by Crippen LogP contribution is 2.46. The maximum absolute atomic E-state index is 15.3. The number of hydrogen-bond acceptors (Lipinski definition) is 5. The maximum atomic E-state index is 15.3. The van der Waals surface area contributed by atoms with E-state index in [0.29, 0.717) is 55.4 Å². The molecule has 7 rings (SSSR count). The Morgan fingerprint density at radius 1 is 0.964 bits per heavy atom. The number of nitrogens with zero attached hydrogens (tertiary/aromatic N) is 5. The fourth-order valence-corrected chi connectivity index (χ4v) is 8.82. The van der Waals surface area contributed by atoms with E-state index in [9.17, 15) is 9.90 Å². The second kappa shape index (κ2) is 15.0. The van der Waals surface area contributed by atoms with Gasteiger partial charge in [-0.15, -0.1) is 0 Å². The molecule has 55 heavy (non-hydrogen) atoms. The van der Waals surface area contributed by atoms with Gasteiger partial charge >= 0.3 is 5.97 Å². The maximum Gasteiger partial charge on any atom is 0.354 e. The second-order valence-corrected chi connectivity index (χ2v) is 15.6. The summed E-state index contributed by atoms with van der Waals surface area (Å²) in [6.07, 6.45) is 1.77. The number of carboxylic acid groups (broad SMARTS) is 1. The number of methoxy groups -OCH3 is 1. The van der Waals surface area contributed by atoms with Crippen molar-refractivity contribution in [3.63, 3.8) is 0 Å². The first-order valence-electron chi connectivity index (χ1n) is 18.7. The standard InChI is InChI=1S/C43H47Cl2N5O5/c1-23-12-15-34-32(19-23)39(41(43(52)53)48(34)16-10-17-54-8)49-22-26(4)50-38-31(13-14-33(44)36(38)35-27(5)46-47(7)28(35)6)30(40(50)42(49)51)11-9-18-55-29-20-24(2)37(45)25(3)21-29/h12-15,19-21,26H,9-11,16-18,22H2,1-8H3,(H,52,53)/t26-/m1/s1. The minimum Gasteiger partial charge on any atom is -0.494 e. The van der Waals surface area contributed by atoms with Crippen molar-refractivity contribution in [1.82, 2.24) is 18.9 Å². The van der Waals surface area contributed by atoms with Gasteiger partial charge in [0, 0.05) is 72.5 Å². The molecule has 0 saturated carbocycles. The van der Waals surface area contributed by atoms with E-state index in [0.717, 1.165) is 77.3 Å². The molecule has 0 saturated heterocycles. The molecule has 3 aromatic heterocycles. The molecule has 0 unspecified atom stereocenters. The Morgan fingerprint density at radius 2 is 1.69 bits per heavy atom. The number of amides is 1. The molecular weight excluding hydrogens is 737 g/mol. The van der Waals surface area contributed by atoms with Gasteiger partial charge in [0.25, 0.3) is 5.91 Å². The molecule has 1 atom stereocenters. The van der Waals surface area contributed by atoms with Crippen LogP contribution in [0.4, 0.5) is 5.69 Å². The topological polar surface area (TPSA) is 104 Å². The zero-order valence-corrected chi connectivity index (χ0v) is 34.2. The summed E-state index contributed by atoms with van der Waals surface area (Å²) in [6, 6.07) is 13.5. The number of aromatic carboxylic acids is 1. The van der Waals surface area contributed by atoms with Crippen molar-refractivity contribution >= 4 is 62.6 Å². The van der Waals surface area contributed by atoms with Crippen molar-refractivity contribution in [1.29, 1.82) is 0 Å². The normalized spacial score (nSPS) is 14.4. The van der Waals surface area contributed by atoms with Crippen molar-refractivity contribution in [2.75, 3.05) is 31.8 Å². The van der Waals surface area contributed by atoms with E-state index in [1.165, 1.54) is 0 Å². The van der Waals surface area contributed by atoms with Gasteiger partial charge in [0.1, 0.15) is 11.4 Å². The summed E-state index contributed by atoms with van der Waals surface area (Å²) in [7, 11) is 3.55. The molecule has 1 aliphatic rings. The molecule has 0 radical (unpaired) electrons. The monoisotopic (exact) mass is 783 g/mol. The molecule has 288 valence electrons. The second-order valence-electron chi connectivity index (χ2n) is 14.8. The van der Waals surface area contributed by atoms with E-state index < -0.39 is 5.97 Å². The molecular formula is C43H47Cl2N5O5. The Kier molecular flexibility index (Phi) is 10.5. The van der Waals surface area contributed by atoms with Gasteiger partial charge in [-0.2, -0.15) is 5.10 Å².